The van der Waals surface area contributed by atoms with Crippen LogP contribution in [0.4, 0.5) is 18.9 Å². The lowest BCUT2D eigenvalue weighted by Crippen LogP contribution is -2.41. The number of morpholine rings is 1. The number of carbonyl (C=O) groups is 1. The summed E-state index contributed by atoms with van der Waals surface area (Å²) in [6.07, 6.45) is -3.05. The molecule has 1 aromatic carbocycles. The first kappa shape index (κ1) is 18.6. The van der Waals surface area contributed by atoms with Crippen LogP contribution in [0.1, 0.15) is 11.3 Å². The van der Waals surface area contributed by atoms with E-state index in [1.165, 1.54) is 12.3 Å². The van der Waals surface area contributed by atoms with Crippen LogP contribution in [0.25, 0.3) is 16.7 Å². The first-order valence-corrected chi connectivity index (χ1v) is 8.76. The normalized spacial score (nSPS) is 17.3. The van der Waals surface area contributed by atoms with Crippen molar-refractivity contribution in [2.75, 3.05) is 31.3 Å². The zero-order chi connectivity index (χ0) is 19.9. The standard InChI is InChI=1S/C20H17F3N2O3/c21-20(22,23)19-14(10-26)8-17-16(19)7-13(9-24-17)12-2-1-3-15(6-12)25-4-5-28-11-18(25)27/h1-3,6-7,9,26H,4-5,8,10-11H2. The fraction of sp³-hybridized carbons (Fsp3) is 0.300. The number of benzene rings is 1. The van der Waals surface area contributed by atoms with Crippen molar-refractivity contribution in [1.82, 2.24) is 4.98 Å². The number of alkyl halides is 3. The van der Waals surface area contributed by atoms with E-state index in [1.54, 1.807) is 29.2 Å². The minimum atomic E-state index is -4.56. The molecular formula is C20H17F3N2O3. The quantitative estimate of drug-likeness (QED) is 0.875. The van der Waals surface area contributed by atoms with Gasteiger partial charge in [-0.3, -0.25) is 9.78 Å². The Morgan fingerprint density at radius 3 is 2.75 bits per heavy atom. The van der Waals surface area contributed by atoms with Crippen LogP contribution in [-0.2, 0) is 16.0 Å². The number of aliphatic hydroxyl groups is 1. The number of amides is 1. The number of anilines is 1. The van der Waals surface area contributed by atoms with Crippen LogP contribution in [0.15, 0.2) is 42.1 Å². The molecule has 1 fully saturated rings. The third-order valence-corrected chi connectivity index (χ3v) is 4.93. The van der Waals surface area contributed by atoms with Crippen molar-refractivity contribution < 1.29 is 27.8 Å². The van der Waals surface area contributed by atoms with Crippen molar-refractivity contribution in [3.05, 3.63) is 53.4 Å². The van der Waals surface area contributed by atoms with Gasteiger partial charge in [-0.2, -0.15) is 13.2 Å². The molecule has 1 N–H and O–H groups in total. The number of pyridine rings is 1. The molecule has 1 aliphatic heterocycles. The molecule has 5 nitrogen and oxygen atoms in total. The van der Waals surface area contributed by atoms with Gasteiger partial charge in [0.15, 0.2) is 0 Å². The number of ether oxygens (including phenoxy) is 1. The van der Waals surface area contributed by atoms with Gasteiger partial charge in [-0.1, -0.05) is 12.1 Å². The smallest absolute Gasteiger partial charge is 0.392 e. The highest BCUT2D eigenvalue weighted by Crippen LogP contribution is 2.43. The molecule has 0 unspecified atom stereocenters. The third kappa shape index (κ3) is 3.29. The Kier molecular flexibility index (Phi) is 4.68. The van der Waals surface area contributed by atoms with Crippen LogP contribution in [0.5, 0.6) is 0 Å². The van der Waals surface area contributed by atoms with Crippen LogP contribution < -0.4 is 4.90 Å². The highest BCUT2D eigenvalue weighted by Gasteiger charge is 2.41. The predicted molar refractivity (Wildman–Crippen MR) is 96.6 cm³/mol. The number of nitrogens with zero attached hydrogens (tertiary/aromatic N) is 2. The summed E-state index contributed by atoms with van der Waals surface area (Å²) in [5.41, 5.74) is 1.27. The maximum Gasteiger partial charge on any atom is 0.417 e. The van der Waals surface area contributed by atoms with Gasteiger partial charge in [0.25, 0.3) is 5.91 Å². The van der Waals surface area contributed by atoms with E-state index in [1.807, 2.05) is 0 Å². The summed E-state index contributed by atoms with van der Waals surface area (Å²) < 4.78 is 45.7. The Morgan fingerprint density at radius 2 is 2.04 bits per heavy atom. The van der Waals surface area contributed by atoms with Crippen molar-refractivity contribution in [1.29, 1.82) is 0 Å². The van der Waals surface area contributed by atoms with Gasteiger partial charge in [0, 0.05) is 36.0 Å². The summed E-state index contributed by atoms with van der Waals surface area (Å²) in [5.74, 6) is -0.162. The summed E-state index contributed by atoms with van der Waals surface area (Å²) in [5, 5.41) is 9.33. The Morgan fingerprint density at radius 1 is 1.21 bits per heavy atom. The van der Waals surface area contributed by atoms with Crippen LogP contribution in [0, 0.1) is 0 Å². The molecule has 0 atom stereocenters. The maximum atomic E-state index is 13.5. The molecule has 0 bridgehead atoms. The van der Waals surface area contributed by atoms with Gasteiger partial charge in [0.05, 0.1) is 24.5 Å². The molecule has 0 radical (unpaired) electrons. The molecular weight excluding hydrogens is 373 g/mol. The molecule has 146 valence electrons. The Bertz CT molecular complexity index is 969. The summed E-state index contributed by atoms with van der Waals surface area (Å²) in [6, 6.07) is 8.50. The van der Waals surface area contributed by atoms with Gasteiger partial charge in [-0.15, -0.1) is 0 Å². The molecule has 0 spiro atoms. The number of hydrogen-bond acceptors (Lipinski definition) is 4. The highest BCUT2D eigenvalue weighted by molar-refractivity contribution is 5.95. The van der Waals surface area contributed by atoms with Gasteiger partial charge in [0.1, 0.15) is 6.61 Å². The topological polar surface area (TPSA) is 62.7 Å². The molecule has 1 aliphatic carbocycles. The number of hydrogen-bond donors (Lipinski definition) is 1. The zero-order valence-corrected chi connectivity index (χ0v) is 14.8. The zero-order valence-electron chi connectivity index (χ0n) is 14.8. The lowest BCUT2D eigenvalue weighted by Gasteiger charge is -2.27. The van der Waals surface area contributed by atoms with Gasteiger partial charge < -0.3 is 14.7 Å². The highest BCUT2D eigenvalue weighted by atomic mass is 19.4. The second kappa shape index (κ2) is 7.03. The van der Waals surface area contributed by atoms with E-state index in [2.05, 4.69) is 4.98 Å². The first-order chi connectivity index (χ1) is 13.4. The second-order valence-corrected chi connectivity index (χ2v) is 6.68. The largest absolute Gasteiger partial charge is 0.417 e. The molecule has 28 heavy (non-hydrogen) atoms. The van der Waals surface area contributed by atoms with Crippen LogP contribution in [0.2, 0.25) is 0 Å². The molecule has 2 heterocycles. The van der Waals surface area contributed by atoms with E-state index >= 15 is 0 Å². The number of aromatic nitrogens is 1. The number of halogens is 3. The van der Waals surface area contributed by atoms with E-state index in [-0.39, 0.29) is 30.1 Å². The van der Waals surface area contributed by atoms with Crippen molar-refractivity contribution in [3.8, 4) is 11.1 Å². The van der Waals surface area contributed by atoms with Gasteiger partial charge >= 0.3 is 6.18 Å². The molecule has 1 aromatic heterocycles. The number of rotatable bonds is 3. The van der Waals surface area contributed by atoms with Crippen molar-refractivity contribution in [2.24, 2.45) is 0 Å². The summed E-state index contributed by atoms with van der Waals surface area (Å²) in [4.78, 5) is 17.8. The number of fused-ring (bicyclic) bond motifs is 1. The van der Waals surface area contributed by atoms with E-state index in [0.717, 1.165) is 0 Å². The average Bonchev–Trinajstić information content (AvgIpc) is 3.06. The minimum Gasteiger partial charge on any atom is -0.392 e. The summed E-state index contributed by atoms with van der Waals surface area (Å²) >= 11 is 0. The SMILES string of the molecule is O=C1COCCN1c1cccc(-c2cnc3c(c2)C(C(F)(F)F)=C(CO)C3)c1. The molecule has 1 saturated heterocycles. The molecule has 2 aliphatic rings. The lowest BCUT2D eigenvalue weighted by molar-refractivity contribution is -0.125. The molecule has 0 saturated carbocycles. The van der Waals surface area contributed by atoms with Crippen LogP contribution in [-0.4, -0.2) is 48.5 Å². The van der Waals surface area contributed by atoms with E-state index in [0.29, 0.717) is 35.7 Å². The fourth-order valence-corrected chi connectivity index (χ4v) is 3.62. The second-order valence-electron chi connectivity index (χ2n) is 6.68. The summed E-state index contributed by atoms with van der Waals surface area (Å²) in [7, 11) is 0. The molecule has 4 rings (SSSR count). The molecule has 8 heteroatoms. The molecule has 1 amide bonds. The number of allylic oxidation sites excluding steroid dienone is 1. The Hall–Kier alpha value is -2.71. The lowest BCUT2D eigenvalue weighted by atomic mass is 10.0. The van der Waals surface area contributed by atoms with Gasteiger partial charge in [0.2, 0.25) is 0 Å². The van der Waals surface area contributed by atoms with Crippen molar-refractivity contribution >= 4 is 17.2 Å². The van der Waals surface area contributed by atoms with Gasteiger partial charge in [-0.25, -0.2) is 0 Å². The fourth-order valence-electron chi connectivity index (χ4n) is 3.62. The minimum absolute atomic E-state index is 0.00176. The first-order valence-electron chi connectivity index (χ1n) is 8.76. The van der Waals surface area contributed by atoms with Gasteiger partial charge in [-0.05, 0) is 29.3 Å². The predicted octanol–water partition coefficient (Wildman–Crippen LogP) is 2.98. The summed E-state index contributed by atoms with van der Waals surface area (Å²) in [6.45, 7) is 0.203. The van der Waals surface area contributed by atoms with E-state index in [4.69, 9.17) is 4.74 Å². The number of aliphatic hydroxyl groups excluding tert-OH is 1. The van der Waals surface area contributed by atoms with Crippen molar-refractivity contribution in [3.63, 3.8) is 0 Å². The Balaban J connectivity index is 1.74. The van der Waals surface area contributed by atoms with E-state index in [9.17, 15) is 23.1 Å². The van der Waals surface area contributed by atoms with E-state index < -0.39 is 18.4 Å². The Labute approximate surface area is 159 Å². The maximum absolute atomic E-state index is 13.5. The molecule has 2 aromatic rings. The average molecular weight is 390 g/mol. The van der Waals surface area contributed by atoms with Crippen LogP contribution in [0.3, 0.4) is 0 Å². The monoisotopic (exact) mass is 390 g/mol. The van der Waals surface area contributed by atoms with Crippen molar-refractivity contribution in [2.45, 2.75) is 12.6 Å². The number of carbonyl (C=O) groups excluding carboxylic acids is 1. The third-order valence-electron chi connectivity index (χ3n) is 4.93. The van der Waals surface area contributed by atoms with Crippen LogP contribution >= 0.6 is 0 Å².